The normalized spacial score (nSPS) is 11.6. The average Bonchev–Trinajstić information content (AvgIpc) is 3.18. The van der Waals surface area contributed by atoms with Crippen LogP contribution in [0.4, 0.5) is 18.9 Å². The van der Waals surface area contributed by atoms with Gasteiger partial charge in [-0.1, -0.05) is 0 Å². The number of imidazole rings is 1. The van der Waals surface area contributed by atoms with Crippen molar-refractivity contribution in [1.82, 2.24) is 24.3 Å². The number of carbonyl (C=O) groups is 1. The molecule has 0 aliphatic rings. The maximum Gasteiger partial charge on any atom is 0.435 e. The van der Waals surface area contributed by atoms with Crippen LogP contribution in [0.5, 0.6) is 0 Å². The largest absolute Gasteiger partial charge is 0.435 e. The van der Waals surface area contributed by atoms with Gasteiger partial charge in [0.15, 0.2) is 17.3 Å². The maximum absolute atomic E-state index is 13.4. The van der Waals surface area contributed by atoms with Crippen LogP contribution in [0.2, 0.25) is 0 Å². The zero-order valence-corrected chi connectivity index (χ0v) is 13.5. The monoisotopic (exact) mass is 381 g/mol. The van der Waals surface area contributed by atoms with Crippen LogP contribution in [-0.2, 0) is 13.2 Å². The minimum atomic E-state index is -4.81. The second-order valence-corrected chi connectivity index (χ2v) is 5.36. The molecule has 3 heterocycles. The first-order chi connectivity index (χ1) is 12.6. The van der Waals surface area contributed by atoms with E-state index in [2.05, 4.69) is 15.1 Å². The van der Waals surface area contributed by atoms with Crippen molar-refractivity contribution in [3.05, 3.63) is 52.4 Å². The van der Waals surface area contributed by atoms with Gasteiger partial charge in [-0.15, -0.1) is 0 Å². The second-order valence-electron chi connectivity index (χ2n) is 5.36. The molecule has 1 amide bonds. The van der Waals surface area contributed by atoms with Crippen molar-refractivity contribution in [3.63, 3.8) is 0 Å². The van der Waals surface area contributed by atoms with Crippen molar-refractivity contribution in [2.24, 2.45) is 12.8 Å². The number of nitrogens with two attached hydrogens (primary N) is 1. The first-order valence-electron chi connectivity index (χ1n) is 7.19. The Labute approximate surface area is 148 Å². The van der Waals surface area contributed by atoms with Crippen molar-refractivity contribution in [2.45, 2.75) is 6.18 Å². The fourth-order valence-corrected chi connectivity index (χ4v) is 2.40. The Morgan fingerprint density at radius 3 is 2.44 bits per heavy atom. The number of alkyl halides is 3. The van der Waals surface area contributed by atoms with E-state index in [1.807, 2.05) is 0 Å². The number of nitrogens with zero attached hydrogens (tertiary/aromatic N) is 6. The summed E-state index contributed by atoms with van der Waals surface area (Å²) in [5, 5.41) is 14.2. The highest BCUT2D eigenvalue weighted by molar-refractivity contribution is 5.90. The lowest BCUT2D eigenvalue weighted by atomic mass is 10.2. The lowest BCUT2D eigenvalue weighted by molar-refractivity contribution is -0.385. The van der Waals surface area contributed by atoms with Gasteiger partial charge in [0.1, 0.15) is 6.20 Å². The molecule has 0 saturated carbocycles. The highest BCUT2D eigenvalue weighted by Crippen LogP contribution is 2.36. The number of hydrogen-bond acceptors (Lipinski definition) is 6. The number of nitro groups is 1. The Bertz CT molecular complexity index is 1040. The molecule has 0 unspecified atom stereocenters. The SMILES string of the molecule is Cn1c(-c2cn(-c3ccc([N+](=O)[O-])cn3)nc2C(F)(F)F)cnc1C(N)=O. The predicted molar refractivity (Wildman–Crippen MR) is 83.7 cm³/mol. The molecule has 0 aromatic carbocycles. The van der Waals surface area contributed by atoms with Gasteiger partial charge in [-0.25, -0.2) is 14.6 Å². The van der Waals surface area contributed by atoms with Crippen molar-refractivity contribution in [3.8, 4) is 17.1 Å². The molecule has 140 valence electrons. The number of carbonyl (C=O) groups excluding carboxylic acids is 1. The summed E-state index contributed by atoms with van der Waals surface area (Å²) in [6.45, 7) is 0. The van der Waals surface area contributed by atoms with Crippen molar-refractivity contribution in [1.29, 1.82) is 0 Å². The average molecular weight is 381 g/mol. The molecule has 0 bridgehead atoms. The van der Waals surface area contributed by atoms with E-state index in [-0.39, 0.29) is 28.6 Å². The van der Waals surface area contributed by atoms with Crippen molar-refractivity contribution >= 4 is 11.6 Å². The number of halogens is 3. The highest BCUT2D eigenvalue weighted by Gasteiger charge is 2.38. The number of rotatable bonds is 4. The van der Waals surface area contributed by atoms with Crippen LogP contribution in [0.25, 0.3) is 17.1 Å². The standard InChI is InChI=1S/C14H10F3N7O3/c1-22-9(5-20-13(22)12(18)25)8-6-23(21-11(8)14(15,16)17)10-3-2-7(4-19-10)24(26)27/h2-6H,1H3,(H2,18,25). The van der Waals surface area contributed by atoms with E-state index in [1.165, 1.54) is 7.05 Å². The van der Waals surface area contributed by atoms with Gasteiger partial charge in [0.05, 0.1) is 22.4 Å². The van der Waals surface area contributed by atoms with E-state index >= 15 is 0 Å². The number of amides is 1. The summed E-state index contributed by atoms with van der Waals surface area (Å²) in [4.78, 5) is 28.7. The zero-order valence-electron chi connectivity index (χ0n) is 13.5. The molecule has 0 atom stereocenters. The third-order valence-corrected chi connectivity index (χ3v) is 3.65. The highest BCUT2D eigenvalue weighted by atomic mass is 19.4. The number of aromatic nitrogens is 5. The molecule has 2 N–H and O–H groups in total. The van der Waals surface area contributed by atoms with E-state index in [9.17, 15) is 28.1 Å². The predicted octanol–water partition coefficient (Wildman–Crippen LogP) is 1.69. The van der Waals surface area contributed by atoms with Gasteiger partial charge in [-0.2, -0.15) is 18.3 Å². The van der Waals surface area contributed by atoms with Gasteiger partial charge in [0, 0.05) is 19.3 Å². The maximum atomic E-state index is 13.4. The molecule has 0 aliphatic carbocycles. The van der Waals surface area contributed by atoms with E-state index in [0.717, 1.165) is 40.0 Å². The van der Waals surface area contributed by atoms with Gasteiger partial charge in [0.25, 0.3) is 11.6 Å². The summed E-state index contributed by atoms with van der Waals surface area (Å²) in [5.41, 5.74) is 3.19. The summed E-state index contributed by atoms with van der Waals surface area (Å²) in [6.07, 6.45) is -1.80. The molecule has 3 aromatic heterocycles. The Kier molecular flexibility index (Phi) is 4.13. The molecule has 0 saturated heterocycles. The number of primary amides is 1. The minimum Gasteiger partial charge on any atom is -0.363 e. The molecule has 0 spiro atoms. The molecular formula is C14H10F3N7O3. The van der Waals surface area contributed by atoms with Crippen LogP contribution in [0.3, 0.4) is 0 Å². The lowest BCUT2D eigenvalue weighted by Gasteiger charge is -2.07. The van der Waals surface area contributed by atoms with Gasteiger partial charge in [-0.3, -0.25) is 14.9 Å². The van der Waals surface area contributed by atoms with Crippen molar-refractivity contribution < 1.29 is 22.9 Å². The van der Waals surface area contributed by atoms with Crippen LogP contribution in [0.15, 0.2) is 30.7 Å². The van der Waals surface area contributed by atoms with Gasteiger partial charge in [-0.05, 0) is 6.07 Å². The topological polar surface area (TPSA) is 135 Å². The van der Waals surface area contributed by atoms with Crippen molar-refractivity contribution in [2.75, 3.05) is 0 Å². The minimum absolute atomic E-state index is 0.0377. The Balaban J connectivity index is 2.15. The summed E-state index contributed by atoms with van der Waals surface area (Å²) < 4.78 is 42.2. The molecule has 0 fully saturated rings. The van der Waals surface area contributed by atoms with E-state index in [1.54, 1.807) is 0 Å². The zero-order chi connectivity index (χ0) is 19.9. The van der Waals surface area contributed by atoms with Crippen LogP contribution >= 0.6 is 0 Å². The van der Waals surface area contributed by atoms with Crippen LogP contribution in [0.1, 0.15) is 16.3 Å². The Morgan fingerprint density at radius 1 is 1.26 bits per heavy atom. The summed E-state index contributed by atoms with van der Waals surface area (Å²) in [5.74, 6) is -1.18. The van der Waals surface area contributed by atoms with E-state index in [0.29, 0.717) is 0 Å². The smallest absolute Gasteiger partial charge is 0.363 e. The molecule has 0 radical (unpaired) electrons. The quantitative estimate of drug-likeness (QED) is 0.540. The van der Waals surface area contributed by atoms with Crippen LogP contribution < -0.4 is 5.73 Å². The van der Waals surface area contributed by atoms with E-state index in [4.69, 9.17) is 5.73 Å². The van der Waals surface area contributed by atoms with Gasteiger partial charge >= 0.3 is 6.18 Å². The summed E-state index contributed by atoms with van der Waals surface area (Å²) >= 11 is 0. The molecule has 0 aliphatic heterocycles. The fraction of sp³-hybridized carbons (Fsp3) is 0.143. The van der Waals surface area contributed by atoms with Gasteiger partial charge in [0.2, 0.25) is 0 Å². The molecule has 13 heteroatoms. The molecule has 3 rings (SSSR count). The molecule has 3 aromatic rings. The lowest BCUT2D eigenvalue weighted by Crippen LogP contribution is -2.17. The van der Waals surface area contributed by atoms with Crippen LogP contribution in [-0.4, -0.2) is 35.1 Å². The third kappa shape index (κ3) is 3.21. The summed E-state index contributed by atoms with van der Waals surface area (Å²) in [6, 6.07) is 2.25. The number of hydrogen-bond donors (Lipinski definition) is 1. The summed E-state index contributed by atoms with van der Waals surface area (Å²) in [7, 11) is 1.34. The Hall–Kier alpha value is -3.77. The third-order valence-electron chi connectivity index (χ3n) is 3.65. The Morgan fingerprint density at radius 2 is 1.96 bits per heavy atom. The number of pyridine rings is 1. The molecule has 27 heavy (non-hydrogen) atoms. The first-order valence-corrected chi connectivity index (χ1v) is 7.19. The van der Waals surface area contributed by atoms with Crippen LogP contribution in [0, 0.1) is 10.1 Å². The second kappa shape index (κ2) is 6.19. The van der Waals surface area contributed by atoms with E-state index < -0.39 is 22.7 Å². The van der Waals surface area contributed by atoms with Gasteiger partial charge < -0.3 is 10.3 Å². The molecular weight excluding hydrogens is 371 g/mol. The molecule has 10 nitrogen and oxygen atoms in total. The first kappa shape index (κ1) is 18.0. The fourth-order valence-electron chi connectivity index (χ4n) is 2.40.